The minimum Gasteiger partial charge on any atom is -0.453 e. The van der Waals surface area contributed by atoms with E-state index in [1.54, 1.807) is 24.3 Å². The molecule has 3 aromatic rings. The molecule has 0 atom stereocenters. The fourth-order valence-corrected chi connectivity index (χ4v) is 3.58. The maximum atomic E-state index is 12.5. The molecule has 0 saturated carbocycles. The molecule has 0 unspecified atom stereocenters. The van der Waals surface area contributed by atoms with Crippen molar-refractivity contribution < 1.29 is 28.3 Å². The number of nitrogens with zero attached hydrogens (tertiary/aromatic N) is 1. The zero-order chi connectivity index (χ0) is 23.2. The van der Waals surface area contributed by atoms with E-state index in [0.717, 1.165) is 18.8 Å². The van der Waals surface area contributed by atoms with Crippen molar-refractivity contribution in [2.24, 2.45) is 0 Å². The number of halogens is 1. The highest BCUT2D eigenvalue weighted by atomic mass is 35.5. The summed E-state index contributed by atoms with van der Waals surface area (Å²) in [5.41, 5.74) is 2.27. The second-order valence-corrected chi connectivity index (χ2v) is 7.69. The number of aldehydes is 1. The Kier molecular flexibility index (Phi) is 7.07. The Balaban J connectivity index is 1.34. The van der Waals surface area contributed by atoms with Crippen LogP contribution in [0.3, 0.4) is 0 Å². The van der Waals surface area contributed by atoms with Crippen LogP contribution in [0.2, 0.25) is 5.02 Å². The van der Waals surface area contributed by atoms with E-state index in [9.17, 15) is 14.4 Å². The van der Waals surface area contributed by atoms with Gasteiger partial charge in [-0.3, -0.25) is 9.59 Å². The van der Waals surface area contributed by atoms with Gasteiger partial charge in [-0.1, -0.05) is 11.6 Å². The molecule has 170 valence electrons. The lowest BCUT2D eigenvalue weighted by molar-refractivity contribution is -0.119. The summed E-state index contributed by atoms with van der Waals surface area (Å²) in [7, 11) is 0. The summed E-state index contributed by atoms with van der Waals surface area (Å²) in [5.74, 6) is -0.655. The number of rotatable bonds is 7. The van der Waals surface area contributed by atoms with Gasteiger partial charge < -0.3 is 24.1 Å². The maximum absolute atomic E-state index is 12.5. The Hall–Kier alpha value is -3.62. The molecule has 1 saturated heterocycles. The van der Waals surface area contributed by atoms with Crippen molar-refractivity contribution >= 4 is 41.1 Å². The number of benzene rings is 2. The largest absolute Gasteiger partial charge is 0.453 e. The molecule has 33 heavy (non-hydrogen) atoms. The molecule has 0 bridgehead atoms. The van der Waals surface area contributed by atoms with Crippen LogP contribution in [0.1, 0.15) is 20.9 Å². The predicted octanol–water partition coefficient (Wildman–Crippen LogP) is 4.04. The number of carbonyl (C=O) groups is 3. The van der Waals surface area contributed by atoms with Gasteiger partial charge in [-0.05, 0) is 54.6 Å². The van der Waals surface area contributed by atoms with Gasteiger partial charge in [0.05, 0.1) is 23.8 Å². The highest BCUT2D eigenvalue weighted by molar-refractivity contribution is 6.33. The molecule has 1 aliphatic heterocycles. The Morgan fingerprint density at radius 3 is 2.52 bits per heavy atom. The number of anilines is 2. The van der Waals surface area contributed by atoms with Crippen LogP contribution >= 0.6 is 11.6 Å². The van der Waals surface area contributed by atoms with Gasteiger partial charge in [0.1, 0.15) is 5.76 Å². The van der Waals surface area contributed by atoms with Gasteiger partial charge in [-0.2, -0.15) is 0 Å². The highest BCUT2D eigenvalue weighted by Crippen LogP contribution is 2.27. The number of esters is 1. The zero-order valence-electron chi connectivity index (χ0n) is 17.6. The molecular weight excluding hydrogens is 448 g/mol. The molecule has 4 rings (SSSR count). The first-order valence-electron chi connectivity index (χ1n) is 10.3. The van der Waals surface area contributed by atoms with Gasteiger partial charge >= 0.3 is 5.97 Å². The number of furan rings is 1. The average Bonchev–Trinajstić information content (AvgIpc) is 3.33. The summed E-state index contributed by atoms with van der Waals surface area (Å²) >= 11 is 6.13. The second-order valence-electron chi connectivity index (χ2n) is 7.29. The summed E-state index contributed by atoms with van der Waals surface area (Å²) < 4.78 is 15.9. The van der Waals surface area contributed by atoms with E-state index in [1.165, 1.54) is 18.2 Å². The maximum Gasteiger partial charge on any atom is 0.340 e. The molecule has 2 heterocycles. The molecule has 0 spiro atoms. The molecule has 0 aliphatic carbocycles. The van der Waals surface area contributed by atoms with Gasteiger partial charge in [0.25, 0.3) is 5.91 Å². The van der Waals surface area contributed by atoms with Gasteiger partial charge in [0.15, 0.2) is 18.7 Å². The van der Waals surface area contributed by atoms with E-state index in [4.69, 9.17) is 25.5 Å². The van der Waals surface area contributed by atoms with Gasteiger partial charge in [0.2, 0.25) is 0 Å². The number of amides is 1. The van der Waals surface area contributed by atoms with Crippen molar-refractivity contribution in [3.8, 4) is 11.3 Å². The third-order valence-electron chi connectivity index (χ3n) is 5.08. The van der Waals surface area contributed by atoms with E-state index < -0.39 is 18.5 Å². The molecule has 1 aliphatic rings. The summed E-state index contributed by atoms with van der Waals surface area (Å²) in [6.07, 6.45) is 0.587. The van der Waals surface area contributed by atoms with Crippen molar-refractivity contribution in [1.82, 2.24) is 0 Å². The van der Waals surface area contributed by atoms with Crippen molar-refractivity contribution in [3.05, 3.63) is 70.9 Å². The first kappa shape index (κ1) is 22.6. The monoisotopic (exact) mass is 468 g/mol. The SMILES string of the molecule is O=Cc1ccc(-c2ccc(Cl)c(C(=O)OCC(=O)Nc3ccc(N4CCOCC4)cc3)c2)o1. The predicted molar refractivity (Wildman–Crippen MR) is 123 cm³/mol. The van der Waals surface area contributed by atoms with E-state index >= 15 is 0 Å². The van der Waals surface area contributed by atoms with Gasteiger partial charge in [-0.15, -0.1) is 0 Å². The number of nitrogens with one attached hydrogen (secondary N) is 1. The zero-order valence-corrected chi connectivity index (χ0v) is 18.3. The molecule has 8 nitrogen and oxygen atoms in total. The van der Waals surface area contributed by atoms with Crippen LogP contribution in [0.4, 0.5) is 11.4 Å². The van der Waals surface area contributed by atoms with Crippen LogP contribution in [0.5, 0.6) is 0 Å². The topological polar surface area (TPSA) is 98.1 Å². The van der Waals surface area contributed by atoms with Crippen LogP contribution in [0.25, 0.3) is 11.3 Å². The molecule has 1 aromatic heterocycles. The number of hydrogen-bond donors (Lipinski definition) is 1. The van der Waals surface area contributed by atoms with Gasteiger partial charge in [-0.25, -0.2) is 4.79 Å². The third-order valence-corrected chi connectivity index (χ3v) is 5.40. The fraction of sp³-hybridized carbons (Fsp3) is 0.208. The molecule has 2 aromatic carbocycles. The summed E-state index contributed by atoms with van der Waals surface area (Å²) in [5, 5.41) is 2.87. The van der Waals surface area contributed by atoms with Gasteiger partial charge in [0, 0.05) is 30.0 Å². The molecule has 1 amide bonds. The molecule has 0 radical (unpaired) electrons. The van der Waals surface area contributed by atoms with Crippen LogP contribution in [-0.4, -0.2) is 51.1 Å². The summed E-state index contributed by atoms with van der Waals surface area (Å²) in [6, 6.07) is 15.2. The van der Waals surface area contributed by atoms with Crippen molar-refractivity contribution in [3.63, 3.8) is 0 Å². The Bertz CT molecular complexity index is 1150. The Morgan fingerprint density at radius 1 is 1.06 bits per heavy atom. The molecule has 1 N–H and O–H groups in total. The molecule has 9 heteroatoms. The molecular formula is C24H21ClN2O6. The minimum atomic E-state index is -0.748. The minimum absolute atomic E-state index is 0.0842. The van der Waals surface area contributed by atoms with Crippen molar-refractivity contribution in [2.45, 2.75) is 0 Å². The normalized spacial score (nSPS) is 13.4. The number of ether oxygens (including phenoxy) is 2. The fourth-order valence-electron chi connectivity index (χ4n) is 3.39. The molecule has 1 fully saturated rings. The van der Waals surface area contributed by atoms with Crippen LogP contribution in [-0.2, 0) is 14.3 Å². The number of hydrogen-bond acceptors (Lipinski definition) is 7. The second kappa shape index (κ2) is 10.3. The first-order valence-corrected chi connectivity index (χ1v) is 10.7. The quantitative estimate of drug-likeness (QED) is 0.412. The Labute approximate surface area is 195 Å². The Morgan fingerprint density at radius 2 is 1.82 bits per heavy atom. The van der Waals surface area contributed by atoms with E-state index in [0.29, 0.717) is 36.5 Å². The number of carbonyl (C=O) groups excluding carboxylic acids is 3. The first-order chi connectivity index (χ1) is 16.0. The smallest absolute Gasteiger partial charge is 0.340 e. The van der Waals surface area contributed by atoms with Crippen LogP contribution in [0, 0.1) is 0 Å². The third kappa shape index (κ3) is 5.60. The van der Waals surface area contributed by atoms with Crippen LogP contribution < -0.4 is 10.2 Å². The highest BCUT2D eigenvalue weighted by Gasteiger charge is 2.17. The standard InChI is InChI=1S/C24H21ClN2O6/c25-21-7-1-16(22-8-6-19(14-28)33-22)13-20(21)24(30)32-15-23(29)26-17-2-4-18(5-3-17)27-9-11-31-12-10-27/h1-8,13-14H,9-12,15H2,(H,26,29). The average molecular weight is 469 g/mol. The summed E-state index contributed by atoms with van der Waals surface area (Å²) in [6.45, 7) is 2.56. The number of morpholine rings is 1. The van der Waals surface area contributed by atoms with Crippen LogP contribution in [0.15, 0.2) is 59.0 Å². The lowest BCUT2D eigenvalue weighted by Crippen LogP contribution is -2.36. The lowest BCUT2D eigenvalue weighted by atomic mass is 10.1. The summed E-state index contributed by atoms with van der Waals surface area (Å²) in [4.78, 5) is 37.8. The van der Waals surface area contributed by atoms with E-state index in [2.05, 4.69) is 10.2 Å². The lowest BCUT2D eigenvalue weighted by Gasteiger charge is -2.28. The van der Waals surface area contributed by atoms with Crippen molar-refractivity contribution in [1.29, 1.82) is 0 Å². The van der Waals surface area contributed by atoms with E-state index in [-0.39, 0.29) is 16.3 Å². The van der Waals surface area contributed by atoms with E-state index in [1.807, 2.05) is 12.1 Å². The van der Waals surface area contributed by atoms with Crippen molar-refractivity contribution in [2.75, 3.05) is 43.1 Å².